The quantitative estimate of drug-likeness (QED) is 0.820. The number of carboxylic acids is 1. The van der Waals surface area contributed by atoms with Crippen molar-refractivity contribution in [2.45, 2.75) is 6.42 Å². The first-order chi connectivity index (χ1) is 8.16. The van der Waals surface area contributed by atoms with Crippen LogP contribution < -0.4 is 5.32 Å². The van der Waals surface area contributed by atoms with Gasteiger partial charge < -0.3 is 15.3 Å². The van der Waals surface area contributed by atoms with Gasteiger partial charge in [0, 0.05) is 18.4 Å². The predicted molar refractivity (Wildman–Crippen MR) is 62.9 cm³/mol. The summed E-state index contributed by atoms with van der Waals surface area (Å²) in [5, 5.41) is 11.4. The summed E-state index contributed by atoms with van der Waals surface area (Å²) in [7, 11) is 0. The summed E-state index contributed by atoms with van der Waals surface area (Å²) in [5.74, 6) is -0.981. The first-order valence-electron chi connectivity index (χ1n) is 5.24. The van der Waals surface area contributed by atoms with Crippen LogP contribution >= 0.6 is 0 Å². The zero-order chi connectivity index (χ0) is 12.3. The summed E-state index contributed by atoms with van der Waals surface area (Å²) in [6.07, 6.45) is 4.53. The molecule has 1 heterocycles. The third kappa shape index (κ3) is 2.63. The van der Waals surface area contributed by atoms with Gasteiger partial charge in [-0.15, -0.1) is 0 Å². The van der Waals surface area contributed by atoms with E-state index in [0.717, 1.165) is 6.42 Å². The molecule has 1 aliphatic rings. The van der Waals surface area contributed by atoms with E-state index >= 15 is 0 Å². The summed E-state index contributed by atoms with van der Waals surface area (Å²) in [6, 6.07) is 5.85. The Morgan fingerprint density at radius 3 is 2.47 bits per heavy atom. The van der Waals surface area contributed by atoms with Crippen LogP contribution in [0.4, 0.5) is 10.5 Å². The Kier molecular flexibility index (Phi) is 3.09. The fraction of sp³-hybridized carbons (Fsp3) is 0.167. The molecule has 2 rings (SSSR count). The van der Waals surface area contributed by atoms with Gasteiger partial charge in [0.05, 0.1) is 5.56 Å². The molecule has 17 heavy (non-hydrogen) atoms. The third-order valence-corrected chi connectivity index (χ3v) is 2.47. The van der Waals surface area contributed by atoms with Gasteiger partial charge in [-0.05, 0) is 30.7 Å². The fourth-order valence-electron chi connectivity index (χ4n) is 1.55. The van der Waals surface area contributed by atoms with Crippen molar-refractivity contribution in [3.63, 3.8) is 0 Å². The number of nitrogens with zero attached hydrogens (tertiary/aromatic N) is 1. The molecule has 2 N–H and O–H groups in total. The van der Waals surface area contributed by atoms with E-state index in [4.69, 9.17) is 5.11 Å². The van der Waals surface area contributed by atoms with E-state index < -0.39 is 5.97 Å². The van der Waals surface area contributed by atoms with Crippen molar-refractivity contribution in [1.29, 1.82) is 0 Å². The molecule has 5 heteroatoms. The molecule has 0 aromatic heterocycles. The number of anilines is 1. The lowest BCUT2D eigenvalue weighted by molar-refractivity contribution is 0.0697. The average Bonchev–Trinajstić information content (AvgIpc) is 2.83. The number of carbonyl (C=O) groups excluding carboxylic acids is 1. The molecule has 1 aromatic carbocycles. The van der Waals surface area contributed by atoms with E-state index in [-0.39, 0.29) is 11.6 Å². The lowest BCUT2D eigenvalue weighted by Crippen LogP contribution is -2.28. The fourth-order valence-corrected chi connectivity index (χ4v) is 1.55. The highest BCUT2D eigenvalue weighted by atomic mass is 16.4. The molecule has 2 amide bonds. The normalized spacial score (nSPS) is 13.8. The molecule has 0 unspecified atom stereocenters. The van der Waals surface area contributed by atoms with Crippen molar-refractivity contribution in [2.75, 3.05) is 11.9 Å². The van der Waals surface area contributed by atoms with E-state index in [0.29, 0.717) is 12.2 Å². The number of aromatic carboxylic acids is 1. The lowest BCUT2D eigenvalue weighted by atomic mass is 10.2. The minimum Gasteiger partial charge on any atom is -0.478 e. The first kappa shape index (κ1) is 11.2. The van der Waals surface area contributed by atoms with Crippen LogP contribution in [0.3, 0.4) is 0 Å². The summed E-state index contributed by atoms with van der Waals surface area (Å²) < 4.78 is 0. The number of benzene rings is 1. The zero-order valence-electron chi connectivity index (χ0n) is 9.09. The second-order valence-electron chi connectivity index (χ2n) is 3.68. The summed E-state index contributed by atoms with van der Waals surface area (Å²) >= 11 is 0. The topological polar surface area (TPSA) is 69.6 Å². The van der Waals surface area contributed by atoms with Crippen molar-refractivity contribution in [3.8, 4) is 0 Å². The first-order valence-corrected chi connectivity index (χ1v) is 5.24. The van der Waals surface area contributed by atoms with E-state index in [1.54, 1.807) is 23.2 Å². The van der Waals surface area contributed by atoms with Crippen LogP contribution in [0.1, 0.15) is 16.8 Å². The highest BCUT2D eigenvalue weighted by molar-refractivity contribution is 5.92. The Balaban J connectivity index is 2.01. The van der Waals surface area contributed by atoms with Gasteiger partial charge in [0.25, 0.3) is 0 Å². The number of amides is 2. The van der Waals surface area contributed by atoms with Crippen LogP contribution in [0.15, 0.2) is 36.5 Å². The van der Waals surface area contributed by atoms with Gasteiger partial charge in [-0.3, -0.25) is 0 Å². The van der Waals surface area contributed by atoms with Crippen molar-refractivity contribution in [1.82, 2.24) is 4.90 Å². The van der Waals surface area contributed by atoms with Gasteiger partial charge >= 0.3 is 12.0 Å². The van der Waals surface area contributed by atoms with Gasteiger partial charge in [-0.1, -0.05) is 6.08 Å². The summed E-state index contributed by atoms with van der Waals surface area (Å²) in [5.41, 5.74) is 0.782. The number of carboxylic acid groups (broad SMARTS) is 1. The highest BCUT2D eigenvalue weighted by Crippen LogP contribution is 2.12. The number of rotatable bonds is 2. The number of nitrogens with one attached hydrogen (secondary N) is 1. The maximum Gasteiger partial charge on any atom is 0.335 e. The molecular weight excluding hydrogens is 220 g/mol. The van der Waals surface area contributed by atoms with Crippen LogP contribution in [-0.4, -0.2) is 28.6 Å². The average molecular weight is 232 g/mol. The van der Waals surface area contributed by atoms with Crippen molar-refractivity contribution >= 4 is 17.7 Å². The zero-order valence-corrected chi connectivity index (χ0v) is 9.09. The van der Waals surface area contributed by atoms with Gasteiger partial charge in [-0.2, -0.15) is 0 Å². The van der Waals surface area contributed by atoms with Crippen molar-refractivity contribution < 1.29 is 14.7 Å². The Bertz CT molecular complexity index is 465. The smallest absolute Gasteiger partial charge is 0.335 e. The molecule has 0 aliphatic carbocycles. The number of hydrogen-bond donors (Lipinski definition) is 2. The molecule has 0 fully saturated rings. The second kappa shape index (κ2) is 4.69. The summed E-state index contributed by atoms with van der Waals surface area (Å²) in [6.45, 7) is 0.680. The van der Waals surface area contributed by atoms with Gasteiger partial charge in [0.1, 0.15) is 0 Å². The minimum absolute atomic E-state index is 0.198. The summed E-state index contributed by atoms with van der Waals surface area (Å²) in [4.78, 5) is 23.9. The lowest BCUT2D eigenvalue weighted by Gasteiger charge is -2.14. The van der Waals surface area contributed by atoms with Crippen LogP contribution in [0.2, 0.25) is 0 Å². The SMILES string of the molecule is O=C(O)c1ccc(NC(=O)N2C=CCC2)cc1. The molecular formula is C12H12N2O3. The molecule has 0 bridgehead atoms. The largest absolute Gasteiger partial charge is 0.478 e. The molecule has 0 atom stereocenters. The van der Waals surface area contributed by atoms with Gasteiger partial charge in [-0.25, -0.2) is 9.59 Å². The van der Waals surface area contributed by atoms with Gasteiger partial charge in [0.2, 0.25) is 0 Å². The number of hydrogen-bond acceptors (Lipinski definition) is 2. The molecule has 0 saturated carbocycles. The van der Waals surface area contributed by atoms with Crippen molar-refractivity contribution in [3.05, 3.63) is 42.1 Å². The predicted octanol–water partition coefficient (Wildman–Crippen LogP) is 2.14. The Hall–Kier alpha value is -2.30. The van der Waals surface area contributed by atoms with Crippen LogP contribution in [0.25, 0.3) is 0 Å². The maximum absolute atomic E-state index is 11.7. The van der Waals surface area contributed by atoms with Gasteiger partial charge in [0.15, 0.2) is 0 Å². The third-order valence-electron chi connectivity index (χ3n) is 2.47. The van der Waals surface area contributed by atoms with E-state index in [1.165, 1.54) is 12.1 Å². The Morgan fingerprint density at radius 1 is 1.24 bits per heavy atom. The molecule has 5 nitrogen and oxygen atoms in total. The minimum atomic E-state index is -0.981. The molecule has 0 spiro atoms. The van der Waals surface area contributed by atoms with Crippen LogP contribution in [0, 0.1) is 0 Å². The molecule has 0 radical (unpaired) electrons. The second-order valence-corrected chi connectivity index (χ2v) is 3.68. The standard InChI is InChI=1S/C12H12N2O3/c15-11(16)9-3-5-10(6-4-9)13-12(17)14-7-1-2-8-14/h1,3-7H,2,8H2,(H,13,17)(H,15,16). The molecule has 0 saturated heterocycles. The van der Waals surface area contributed by atoms with E-state index in [2.05, 4.69) is 5.32 Å². The highest BCUT2D eigenvalue weighted by Gasteiger charge is 2.13. The molecule has 1 aromatic rings. The molecule has 1 aliphatic heterocycles. The Labute approximate surface area is 98.4 Å². The molecule has 88 valence electrons. The maximum atomic E-state index is 11.7. The number of carbonyl (C=O) groups is 2. The number of urea groups is 1. The van der Waals surface area contributed by atoms with E-state index in [1.807, 2.05) is 6.08 Å². The Morgan fingerprint density at radius 2 is 1.94 bits per heavy atom. The van der Waals surface area contributed by atoms with E-state index in [9.17, 15) is 9.59 Å². The van der Waals surface area contributed by atoms with Crippen LogP contribution in [-0.2, 0) is 0 Å². The van der Waals surface area contributed by atoms with Crippen LogP contribution in [0.5, 0.6) is 0 Å². The monoisotopic (exact) mass is 232 g/mol. The van der Waals surface area contributed by atoms with Crippen molar-refractivity contribution in [2.24, 2.45) is 0 Å².